The van der Waals surface area contributed by atoms with E-state index in [9.17, 15) is 14.7 Å². The van der Waals surface area contributed by atoms with E-state index in [-0.39, 0.29) is 5.92 Å². The minimum atomic E-state index is -1.08. The summed E-state index contributed by atoms with van der Waals surface area (Å²) in [5.41, 5.74) is -1.08. The standard InChI is InChI=1S/C11H21NO3/c1-5-6-12(8-13)11(4,10(14)15)7-9(2)3/h8-9H,5-7H2,1-4H3,(H,14,15). The Labute approximate surface area is 91.3 Å². The molecular weight excluding hydrogens is 194 g/mol. The molecule has 0 radical (unpaired) electrons. The summed E-state index contributed by atoms with van der Waals surface area (Å²) in [7, 11) is 0. The summed E-state index contributed by atoms with van der Waals surface area (Å²) in [6.07, 6.45) is 1.88. The minimum absolute atomic E-state index is 0.241. The Hall–Kier alpha value is -1.06. The third kappa shape index (κ3) is 3.53. The van der Waals surface area contributed by atoms with Crippen molar-refractivity contribution < 1.29 is 14.7 Å². The van der Waals surface area contributed by atoms with Crippen LogP contribution in [0.5, 0.6) is 0 Å². The highest BCUT2D eigenvalue weighted by atomic mass is 16.4. The number of carboxylic acid groups (broad SMARTS) is 1. The Kier molecular flexibility index (Phi) is 5.33. The number of carbonyl (C=O) groups is 2. The minimum Gasteiger partial charge on any atom is -0.480 e. The number of hydrogen-bond donors (Lipinski definition) is 1. The predicted octanol–water partition coefficient (Wildman–Crippen LogP) is 1.74. The van der Waals surface area contributed by atoms with Gasteiger partial charge in [0.1, 0.15) is 5.54 Å². The number of aliphatic carboxylic acids is 1. The molecule has 88 valence electrons. The smallest absolute Gasteiger partial charge is 0.329 e. The van der Waals surface area contributed by atoms with E-state index in [4.69, 9.17) is 0 Å². The van der Waals surface area contributed by atoms with Crippen molar-refractivity contribution in [2.24, 2.45) is 5.92 Å². The zero-order valence-corrected chi connectivity index (χ0v) is 9.99. The van der Waals surface area contributed by atoms with Crippen LogP contribution < -0.4 is 0 Å². The van der Waals surface area contributed by atoms with Gasteiger partial charge in [-0.1, -0.05) is 20.8 Å². The van der Waals surface area contributed by atoms with Crippen molar-refractivity contribution in [3.8, 4) is 0 Å². The second kappa shape index (κ2) is 5.73. The second-order valence-electron chi connectivity index (χ2n) is 4.48. The zero-order valence-electron chi connectivity index (χ0n) is 9.99. The average molecular weight is 215 g/mol. The Bertz CT molecular complexity index is 228. The molecule has 1 unspecified atom stereocenters. The van der Waals surface area contributed by atoms with Crippen molar-refractivity contribution in [3.63, 3.8) is 0 Å². The van der Waals surface area contributed by atoms with E-state index in [0.29, 0.717) is 19.4 Å². The van der Waals surface area contributed by atoms with Crippen LogP contribution in [0.4, 0.5) is 0 Å². The molecule has 0 aliphatic carbocycles. The van der Waals surface area contributed by atoms with E-state index < -0.39 is 11.5 Å². The lowest BCUT2D eigenvalue weighted by atomic mass is 9.89. The number of amides is 1. The van der Waals surface area contributed by atoms with Gasteiger partial charge in [-0.05, 0) is 25.7 Å². The van der Waals surface area contributed by atoms with Crippen LogP contribution in [0, 0.1) is 5.92 Å². The number of carboxylic acids is 1. The Morgan fingerprint density at radius 2 is 2.07 bits per heavy atom. The number of nitrogens with zero attached hydrogens (tertiary/aromatic N) is 1. The molecule has 0 aromatic rings. The van der Waals surface area contributed by atoms with Gasteiger partial charge in [0.15, 0.2) is 0 Å². The lowest BCUT2D eigenvalue weighted by Crippen LogP contribution is -2.52. The molecule has 0 aromatic heterocycles. The molecular formula is C11H21NO3. The molecule has 15 heavy (non-hydrogen) atoms. The maximum atomic E-state index is 11.2. The fourth-order valence-electron chi connectivity index (χ4n) is 1.78. The Balaban J connectivity index is 4.88. The third-order valence-electron chi connectivity index (χ3n) is 2.49. The molecule has 4 nitrogen and oxygen atoms in total. The van der Waals surface area contributed by atoms with Gasteiger partial charge >= 0.3 is 5.97 Å². The fourth-order valence-corrected chi connectivity index (χ4v) is 1.78. The molecule has 0 fully saturated rings. The first kappa shape index (κ1) is 13.9. The maximum absolute atomic E-state index is 11.2. The first-order valence-corrected chi connectivity index (χ1v) is 5.34. The fraction of sp³-hybridized carbons (Fsp3) is 0.818. The van der Waals surface area contributed by atoms with Gasteiger partial charge in [-0.2, -0.15) is 0 Å². The van der Waals surface area contributed by atoms with Gasteiger partial charge in [0.05, 0.1) is 0 Å². The van der Waals surface area contributed by atoms with Gasteiger partial charge in [0.2, 0.25) is 6.41 Å². The van der Waals surface area contributed by atoms with Crippen LogP contribution in [-0.2, 0) is 9.59 Å². The lowest BCUT2D eigenvalue weighted by molar-refractivity contribution is -0.155. The molecule has 0 bridgehead atoms. The van der Waals surface area contributed by atoms with Crippen molar-refractivity contribution in [3.05, 3.63) is 0 Å². The van der Waals surface area contributed by atoms with Crippen LogP contribution in [0.25, 0.3) is 0 Å². The van der Waals surface area contributed by atoms with Crippen molar-refractivity contribution in [1.82, 2.24) is 4.90 Å². The predicted molar refractivity (Wildman–Crippen MR) is 58.6 cm³/mol. The van der Waals surface area contributed by atoms with Crippen molar-refractivity contribution in [2.75, 3.05) is 6.54 Å². The van der Waals surface area contributed by atoms with Crippen LogP contribution in [0.15, 0.2) is 0 Å². The van der Waals surface area contributed by atoms with E-state index in [1.807, 2.05) is 20.8 Å². The quantitative estimate of drug-likeness (QED) is 0.658. The van der Waals surface area contributed by atoms with E-state index >= 15 is 0 Å². The van der Waals surface area contributed by atoms with Crippen LogP contribution in [0.2, 0.25) is 0 Å². The van der Waals surface area contributed by atoms with Crippen LogP contribution in [0.3, 0.4) is 0 Å². The van der Waals surface area contributed by atoms with Crippen LogP contribution in [-0.4, -0.2) is 34.5 Å². The summed E-state index contributed by atoms with van der Waals surface area (Å²) in [6, 6.07) is 0. The van der Waals surface area contributed by atoms with Crippen LogP contribution in [0.1, 0.15) is 40.5 Å². The molecule has 1 N–H and O–H groups in total. The summed E-state index contributed by atoms with van der Waals surface area (Å²) in [4.78, 5) is 23.5. The van der Waals surface area contributed by atoms with E-state index in [1.165, 1.54) is 4.90 Å². The first-order valence-electron chi connectivity index (χ1n) is 5.34. The van der Waals surface area contributed by atoms with Gasteiger partial charge in [-0.3, -0.25) is 4.79 Å². The molecule has 0 saturated heterocycles. The Morgan fingerprint density at radius 3 is 2.33 bits per heavy atom. The highest BCUT2D eigenvalue weighted by Crippen LogP contribution is 2.23. The molecule has 0 aliphatic heterocycles. The summed E-state index contributed by atoms with van der Waals surface area (Å²) in [6.45, 7) is 7.93. The van der Waals surface area contributed by atoms with Gasteiger partial charge < -0.3 is 10.0 Å². The monoisotopic (exact) mass is 215 g/mol. The highest BCUT2D eigenvalue weighted by molar-refractivity contribution is 5.81. The van der Waals surface area contributed by atoms with Crippen molar-refractivity contribution in [1.29, 1.82) is 0 Å². The van der Waals surface area contributed by atoms with Gasteiger partial charge in [0.25, 0.3) is 0 Å². The lowest BCUT2D eigenvalue weighted by Gasteiger charge is -2.36. The molecule has 0 aromatic carbocycles. The van der Waals surface area contributed by atoms with Crippen molar-refractivity contribution >= 4 is 12.4 Å². The van der Waals surface area contributed by atoms with E-state index in [0.717, 1.165) is 6.42 Å². The molecule has 0 rings (SSSR count). The highest BCUT2D eigenvalue weighted by Gasteiger charge is 2.39. The summed E-state index contributed by atoms with van der Waals surface area (Å²) in [5.74, 6) is -0.692. The first-order chi connectivity index (χ1) is 6.88. The molecule has 1 amide bonds. The topological polar surface area (TPSA) is 57.6 Å². The van der Waals surface area contributed by atoms with Crippen LogP contribution >= 0.6 is 0 Å². The van der Waals surface area contributed by atoms with E-state index in [2.05, 4.69) is 0 Å². The molecule has 0 heterocycles. The summed E-state index contributed by atoms with van der Waals surface area (Å²) < 4.78 is 0. The molecule has 4 heteroatoms. The zero-order chi connectivity index (χ0) is 12.1. The summed E-state index contributed by atoms with van der Waals surface area (Å²) >= 11 is 0. The third-order valence-corrected chi connectivity index (χ3v) is 2.49. The molecule has 0 aliphatic rings. The van der Waals surface area contributed by atoms with Crippen molar-refractivity contribution in [2.45, 2.75) is 46.1 Å². The Morgan fingerprint density at radius 1 is 1.53 bits per heavy atom. The van der Waals surface area contributed by atoms with Gasteiger partial charge in [-0.15, -0.1) is 0 Å². The normalized spacial score (nSPS) is 14.7. The van der Waals surface area contributed by atoms with E-state index in [1.54, 1.807) is 6.92 Å². The van der Waals surface area contributed by atoms with Gasteiger partial charge in [0, 0.05) is 6.54 Å². The number of hydrogen-bond acceptors (Lipinski definition) is 2. The molecule has 1 atom stereocenters. The summed E-state index contributed by atoms with van der Waals surface area (Å²) in [5, 5.41) is 9.21. The number of carbonyl (C=O) groups excluding carboxylic acids is 1. The molecule has 0 spiro atoms. The average Bonchev–Trinajstić information content (AvgIpc) is 2.12. The second-order valence-corrected chi connectivity index (χ2v) is 4.48. The maximum Gasteiger partial charge on any atom is 0.329 e. The SMILES string of the molecule is CCCN(C=O)C(C)(CC(C)C)C(=O)O. The number of rotatable bonds is 7. The van der Waals surface area contributed by atoms with Gasteiger partial charge in [-0.25, -0.2) is 4.79 Å². The largest absolute Gasteiger partial charge is 0.480 e. The molecule has 0 saturated carbocycles.